The molecule has 2 aliphatic heterocycles. The quantitative estimate of drug-likeness (QED) is 0.297. The topological polar surface area (TPSA) is 83.9 Å². The summed E-state index contributed by atoms with van der Waals surface area (Å²) in [5.41, 5.74) is 3.36. The molecule has 9 nitrogen and oxygen atoms in total. The van der Waals surface area contributed by atoms with Crippen molar-refractivity contribution in [3.05, 3.63) is 77.4 Å². The van der Waals surface area contributed by atoms with Gasteiger partial charge in [-0.15, -0.1) is 0 Å². The minimum absolute atomic E-state index is 0.0375. The number of nitrogens with zero attached hydrogens (tertiary/aromatic N) is 3. The van der Waals surface area contributed by atoms with E-state index in [-0.39, 0.29) is 18.4 Å². The maximum atomic E-state index is 14.0. The van der Waals surface area contributed by atoms with Crippen LogP contribution in [0, 0.1) is 5.92 Å². The Morgan fingerprint density at radius 2 is 1.48 bits per heavy atom. The van der Waals surface area contributed by atoms with Crippen LogP contribution in [0.4, 0.5) is 5.69 Å². The molecule has 9 heteroatoms. The number of amides is 1. The summed E-state index contributed by atoms with van der Waals surface area (Å²) in [4.78, 5) is 20.6. The Bertz CT molecular complexity index is 1460. The largest absolute Gasteiger partial charge is 0.493 e. The monoisotopic (exact) mass is 631 g/mol. The zero-order chi connectivity index (χ0) is 32.8. The third kappa shape index (κ3) is 6.82. The van der Waals surface area contributed by atoms with E-state index in [1.807, 2.05) is 61.6 Å². The molecule has 1 N–H and O–H groups in total. The Morgan fingerprint density at radius 1 is 0.848 bits per heavy atom. The summed E-state index contributed by atoms with van der Waals surface area (Å²) in [5.74, 6) is 2.71. The third-order valence-corrected chi connectivity index (χ3v) is 9.67. The molecule has 5 rings (SSSR count). The number of aliphatic hydroxyl groups excluding tert-OH is 1. The van der Waals surface area contributed by atoms with E-state index >= 15 is 0 Å². The van der Waals surface area contributed by atoms with Gasteiger partial charge in [-0.05, 0) is 54.2 Å². The van der Waals surface area contributed by atoms with E-state index < -0.39 is 11.5 Å². The van der Waals surface area contributed by atoms with Gasteiger partial charge in [-0.25, -0.2) is 0 Å². The van der Waals surface area contributed by atoms with Gasteiger partial charge in [0.2, 0.25) is 11.7 Å². The lowest BCUT2D eigenvalue weighted by Gasteiger charge is -2.44. The SMILES string of the molecule is COc1cc(CCN2CCN(CC(O)COc3ccccc3C3(C(C)C)Cc4ccccc4N(C)C3=O)CC2)cc(OC)c1OC. The molecule has 0 spiro atoms. The van der Waals surface area contributed by atoms with Crippen LogP contribution < -0.4 is 23.8 Å². The van der Waals surface area contributed by atoms with Crippen LogP contribution in [0.15, 0.2) is 60.7 Å². The fraction of sp³-hybridized carbons (Fsp3) is 0.486. The fourth-order valence-corrected chi connectivity index (χ4v) is 7.00. The van der Waals surface area contributed by atoms with E-state index in [1.165, 1.54) is 0 Å². The number of ether oxygens (including phenoxy) is 4. The molecule has 46 heavy (non-hydrogen) atoms. The number of anilines is 1. The van der Waals surface area contributed by atoms with Crippen LogP contribution in [0.25, 0.3) is 0 Å². The Labute approximate surface area is 273 Å². The number of carbonyl (C=O) groups is 1. The molecule has 0 radical (unpaired) electrons. The maximum absolute atomic E-state index is 14.0. The number of carbonyl (C=O) groups excluding carboxylic acids is 1. The second kappa shape index (κ2) is 14.8. The molecule has 2 unspecified atom stereocenters. The van der Waals surface area contributed by atoms with Crippen molar-refractivity contribution in [1.82, 2.24) is 9.80 Å². The van der Waals surface area contributed by atoms with Gasteiger partial charge >= 0.3 is 0 Å². The molecule has 0 aromatic heterocycles. The van der Waals surface area contributed by atoms with E-state index in [9.17, 15) is 9.90 Å². The van der Waals surface area contributed by atoms with Crippen molar-refractivity contribution in [2.45, 2.75) is 38.2 Å². The maximum Gasteiger partial charge on any atom is 0.238 e. The smallest absolute Gasteiger partial charge is 0.238 e. The summed E-state index contributed by atoms with van der Waals surface area (Å²) >= 11 is 0. The van der Waals surface area contributed by atoms with Crippen molar-refractivity contribution in [2.75, 3.05) is 79.2 Å². The van der Waals surface area contributed by atoms with Gasteiger partial charge in [0.1, 0.15) is 18.5 Å². The molecule has 1 fully saturated rings. The molecular weight excluding hydrogens is 582 g/mol. The van der Waals surface area contributed by atoms with Gasteiger partial charge in [-0.1, -0.05) is 50.2 Å². The highest BCUT2D eigenvalue weighted by Gasteiger charge is 2.50. The highest BCUT2D eigenvalue weighted by molar-refractivity contribution is 6.04. The van der Waals surface area contributed by atoms with Gasteiger partial charge in [0.05, 0.1) is 26.7 Å². The molecule has 2 heterocycles. The molecule has 3 aromatic carbocycles. The predicted molar refractivity (Wildman–Crippen MR) is 181 cm³/mol. The van der Waals surface area contributed by atoms with E-state index in [1.54, 1.807) is 26.2 Å². The van der Waals surface area contributed by atoms with Gasteiger partial charge in [-0.2, -0.15) is 0 Å². The van der Waals surface area contributed by atoms with Gasteiger partial charge in [0, 0.05) is 57.6 Å². The van der Waals surface area contributed by atoms with E-state index in [0.717, 1.165) is 61.5 Å². The Kier molecular flexibility index (Phi) is 10.8. The van der Waals surface area contributed by atoms with Crippen molar-refractivity contribution < 1.29 is 28.8 Å². The molecule has 2 atom stereocenters. The van der Waals surface area contributed by atoms with Crippen LogP contribution in [0.3, 0.4) is 0 Å². The van der Waals surface area contributed by atoms with Crippen LogP contribution in [-0.4, -0.2) is 101 Å². The minimum Gasteiger partial charge on any atom is -0.493 e. The van der Waals surface area contributed by atoms with E-state index in [2.05, 4.69) is 29.7 Å². The first-order valence-corrected chi connectivity index (χ1v) is 16.2. The molecule has 1 amide bonds. The first-order valence-electron chi connectivity index (χ1n) is 16.2. The first-order chi connectivity index (χ1) is 22.2. The lowest BCUT2D eigenvalue weighted by atomic mass is 9.64. The number of likely N-dealkylation sites (N-methyl/N-ethyl adjacent to an activating group) is 1. The molecular formula is C37H49N3O6. The number of para-hydroxylation sites is 2. The van der Waals surface area contributed by atoms with E-state index in [4.69, 9.17) is 18.9 Å². The number of aliphatic hydroxyl groups is 1. The molecule has 1 saturated heterocycles. The molecule has 3 aromatic rings. The molecule has 0 bridgehead atoms. The molecule has 248 valence electrons. The molecule has 0 saturated carbocycles. The van der Waals surface area contributed by atoms with Crippen molar-refractivity contribution >= 4 is 11.6 Å². The van der Waals surface area contributed by atoms with E-state index in [0.29, 0.717) is 36.0 Å². The minimum atomic E-state index is -0.761. The van der Waals surface area contributed by atoms with Crippen molar-refractivity contribution in [2.24, 2.45) is 5.92 Å². The van der Waals surface area contributed by atoms with Crippen molar-refractivity contribution in [3.8, 4) is 23.0 Å². The van der Waals surface area contributed by atoms with Gasteiger partial charge in [0.25, 0.3) is 0 Å². The van der Waals surface area contributed by atoms with Crippen molar-refractivity contribution in [1.29, 1.82) is 0 Å². The summed E-state index contributed by atoms with van der Waals surface area (Å²) in [7, 11) is 6.74. The number of benzene rings is 3. The number of rotatable bonds is 13. The number of methoxy groups -OCH3 is 3. The van der Waals surface area contributed by atoms with Crippen LogP contribution >= 0.6 is 0 Å². The number of hydrogen-bond donors (Lipinski definition) is 1. The average molecular weight is 632 g/mol. The second-order valence-corrected chi connectivity index (χ2v) is 12.7. The summed E-state index contributed by atoms with van der Waals surface area (Å²) in [6.07, 6.45) is 0.824. The van der Waals surface area contributed by atoms with Crippen LogP contribution in [0.2, 0.25) is 0 Å². The second-order valence-electron chi connectivity index (χ2n) is 12.7. The highest BCUT2D eigenvalue weighted by Crippen LogP contribution is 2.47. The number of fused-ring (bicyclic) bond motifs is 1. The first kappa shape index (κ1) is 33.6. The third-order valence-electron chi connectivity index (χ3n) is 9.67. The number of β-amino-alcohol motifs (C(OH)–C–C–N with tert-alkyl or cyclic N) is 1. The zero-order valence-electron chi connectivity index (χ0n) is 28.1. The Hall–Kier alpha value is -3.79. The van der Waals surface area contributed by atoms with Crippen LogP contribution in [-0.2, 0) is 23.1 Å². The Morgan fingerprint density at radius 3 is 2.13 bits per heavy atom. The fourth-order valence-electron chi connectivity index (χ4n) is 7.00. The molecule has 2 aliphatic rings. The normalized spacial score (nSPS) is 19.6. The lowest BCUT2D eigenvalue weighted by Crippen LogP contribution is -2.53. The van der Waals surface area contributed by atoms with Gasteiger partial charge in [0.15, 0.2) is 11.5 Å². The Balaban J connectivity index is 1.16. The van der Waals surface area contributed by atoms with Crippen molar-refractivity contribution in [3.63, 3.8) is 0 Å². The van der Waals surface area contributed by atoms with Gasteiger partial charge < -0.3 is 33.9 Å². The summed E-state index contributed by atoms with van der Waals surface area (Å²) < 4.78 is 22.8. The van der Waals surface area contributed by atoms with Crippen LogP contribution in [0.5, 0.6) is 23.0 Å². The van der Waals surface area contributed by atoms with Gasteiger partial charge in [-0.3, -0.25) is 9.69 Å². The summed E-state index contributed by atoms with van der Waals surface area (Å²) in [5, 5.41) is 11.0. The zero-order valence-corrected chi connectivity index (χ0v) is 28.1. The summed E-state index contributed by atoms with van der Waals surface area (Å²) in [6.45, 7) is 9.43. The lowest BCUT2D eigenvalue weighted by molar-refractivity contribution is -0.126. The number of piperazine rings is 1. The standard InChI is InChI=1S/C37H49N3O6/c1-26(2)37(23-28-11-7-9-13-31(28)38(3)36(37)42)30-12-8-10-14-32(30)46-25-29(41)24-40-19-17-39(18-20-40)16-15-27-21-33(43-4)35(45-6)34(22-27)44-5/h7-14,21-22,26,29,41H,15-20,23-25H2,1-6H3. The number of hydrogen-bond acceptors (Lipinski definition) is 8. The predicted octanol–water partition coefficient (Wildman–Crippen LogP) is 4.43. The highest BCUT2D eigenvalue weighted by atomic mass is 16.5. The average Bonchev–Trinajstić information content (AvgIpc) is 3.08. The molecule has 0 aliphatic carbocycles. The van der Waals surface area contributed by atoms with Crippen LogP contribution in [0.1, 0.15) is 30.5 Å². The summed E-state index contributed by atoms with van der Waals surface area (Å²) in [6, 6.07) is 20.0.